The van der Waals surface area contributed by atoms with E-state index in [2.05, 4.69) is 15.3 Å². The van der Waals surface area contributed by atoms with Gasteiger partial charge in [0.25, 0.3) is 0 Å². The second-order valence-corrected chi connectivity index (χ2v) is 6.05. The summed E-state index contributed by atoms with van der Waals surface area (Å²) >= 11 is 0. The van der Waals surface area contributed by atoms with Crippen LogP contribution in [0, 0.1) is 5.92 Å². The molecule has 2 fully saturated rings. The molecule has 5 nitrogen and oxygen atoms in total. The fraction of sp³-hybridized carbons (Fsp3) is 0.733. The van der Waals surface area contributed by atoms with Crippen LogP contribution < -0.4 is 5.32 Å². The van der Waals surface area contributed by atoms with Crippen molar-refractivity contribution in [2.45, 2.75) is 44.7 Å². The van der Waals surface area contributed by atoms with Crippen LogP contribution in [0.5, 0.6) is 0 Å². The summed E-state index contributed by atoms with van der Waals surface area (Å²) in [6.07, 6.45) is 9.10. The highest BCUT2D eigenvalue weighted by Crippen LogP contribution is 2.20. The molecule has 3 heterocycles. The summed E-state index contributed by atoms with van der Waals surface area (Å²) in [5, 5.41) is 7.67. The fourth-order valence-electron chi connectivity index (χ4n) is 3.31. The van der Waals surface area contributed by atoms with Crippen LogP contribution in [0.25, 0.3) is 0 Å². The molecule has 0 spiro atoms. The molecular formula is C15H26Cl2N4O. The molecule has 1 aromatic rings. The van der Waals surface area contributed by atoms with E-state index in [1.807, 2.05) is 23.1 Å². The molecule has 126 valence electrons. The molecular weight excluding hydrogens is 323 g/mol. The second-order valence-electron chi connectivity index (χ2n) is 6.05. The normalized spacial score (nSPS) is 22.0. The first-order chi connectivity index (χ1) is 9.81. The van der Waals surface area contributed by atoms with Gasteiger partial charge in [0, 0.05) is 44.5 Å². The zero-order chi connectivity index (χ0) is 13.8. The van der Waals surface area contributed by atoms with E-state index < -0.39 is 0 Å². The number of piperidine rings is 1. The highest BCUT2D eigenvalue weighted by molar-refractivity contribution is 5.85. The molecule has 2 saturated heterocycles. The highest BCUT2D eigenvalue weighted by atomic mass is 35.5. The Morgan fingerprint density at radius 1 is 1.23 bits per heavy atom. The molecule has 1 aromatic heterocycles. The lowest BCUT2D eigenvalue weighted by Crippen LogP contribution is -2.41. The van der Waals surface area contributed by atoms with Gasteiger partial charge in [0.05, 0.1) is 0 Å². The van der Waals surface area contributed by atoms with Gasteiger partial charge in [-0.3, -0.25) is 9.48 Å². The predicted molar refractivity (Wildman–Crippen MR) is 91.7 cm³/mol. The summed E-state index contributed by atoms with van der Waals surface area (Å²) in [7, 11) is 0. The topological polar surface area (TPSA) is 50.2 Å². The van der Waals surface area contributed by atoms with Gasteiger partial charge in [-0.2, -0.15) is 5.10 Å². The number of carbonyl (C=O) groups is 1. The van der Waals surface area contributed by atoms with Crippen molar-refractivity contribution in [3.63, 3.8) is 0 Å². The van der Waals surface area contributed by atoms with Crippen molar-refractivity contribution >= 4 is 30.7 Å². The lowest BCUT2D eigenvalue weighted by molar-refractivity contribution is -0.133. The van der Waals surface area contributed by atoms with E-state index in [0.29, 0.717) is 24.3 Å². The van der Waals surface area contributed by atoms with Crippen LogP contribution in [0.2, 0.25) is 0 Å². The Balaban J connectivity index is 0.00000121. The Labute approximate surface area is 144 Å². The van der Waals surface area contributed by atoms with Crippen LogP contribution in [0.3, 0.4) is 0 Å². The summed E-state index contributed by atoms with van der Waals surface area (Å²) in [4.78, 5) is 14.3. The number of hydrogen-bond donors (Lipinski definition) is 1. The molecule has 0 radical (unpaired) electrons. The van der Waals surface area contributed by atoms with Crippen LogP contribution >= 0.6 is 24.8 Å². The lowest BCUT2D eigenvalue weighted by Gasteiger charge is -2.32. The maximum atomic E-state index is 12.2. The molecule has 7 heteroatoms. The summed E-state index contributed by atoms with van der Waals surface area (Å²) in [5.74, 6) is 0.991. The first-order valence-electron chi connectivity index (χ1n) is 7.80. The zero-order valence-corrected chi connectivity index (χ0v) is 14.5. The summed E-state index contributed by atoms with van der Waals surface area (Å²) in [5.41, 5.74) is 0. The zero-order valence-electron chi connectivity index (χ0n) is 12.8. The van der Waals surface area contributed by atoms with Crippen LogP contribution in [0.4, 0.5) is 0 Å². The van der Waals surface area contributed by atoms with E-state index in [1.54, 1.807) is 0 Å². The number of rotatable bonds is 4. The number of aromatic nitrogens is 2. The van der Waals surface area contributed by atoms with Crippen molar-refractivity contribution in [2.24, 2.45) is 5.92 Å². The number of hydrogen-bond acceptors (Lipinski definition) is 3. The number of carbonyl (C=O) groups excluding carboxylic acids is 1. The highest BCUT2D eigenvalue weighted by Gasteiger charge is 2.25. The van der Waals surface area contributed by atoms with E-state index in [4.69, 9.17) is 0 Å². The molecule has 1 atom stereocenters. The minimum Gasteiger partial charge on any atom is -0.343 e. The van der Waals surface area contributed by atoms with E-state index >= 15 is 0 Å². The molecule has 22 heavy (non-hydrogen) atoms. The van der Waals surface area contributed by atoms with Gasteiger partial charge >= 0.3 is 0 Å². The third-order valence-electron chi connectivity index (χ3n) is 4.56. The van der Waals surface area contributed by atoms with Crippen molar-refractivity contribution < 1.29 is 4.79 Å². The number of nitrogens with zero attached hydrogens (tertiary/aromatic N) is 3. The average Bonchev–Trinajstić information content (AvgIpc) is 3.13. The molecule has 1 unspecified atom stereocenters. The van der Waals surface area contributed by atoms with Gasteiger partial charge in [-0.05, 0) is 44.2 Å². The molecule has 3 rings (SSSR count). The number of likely N-dealkylation sites (tertiary alicyclic amines) is 1. The summed E-state index contributed by atoms with van der Waals surface area (Å²) in [6.45, 7) is 3.89. The minimum atomic E-state index is 0. The molecule has 1 amide bonds. The van der Waals surface area contributed by atoms with Crippen LogP contribution in [0.1, 0.15) is 32.1 Å². The van der Waals surface area contributed by atoms with E-state index in [0.717, 1.165) is 45.4 Å². The molecule has 2 aliphatic heterocycles. The first kappa shape index (κ1) is 19.3. The third-order valence-corrected chi connectivity index (χ3v) is 4.56. The SMILES string of the molecule is Cl.Cl.O=C(CC1CCCN1)N1CCC(Cn2cccn2)CC1. The summed E-state index contributed by atoms with van der Waals surface area (Å²) < 4.78 is 2.00. The van der Waals surface area contributed by atoms with Gasteiger partial charge in [-0.1, -0.05) is 0 Å². The average molecular weight is 349 g/mol. The van der Waals surface area contributed by atoms with Crippen molar-refractivity contribution in [1.82, 2.24) is 20.0 Å². The fourth-order valence-corrected chi connectivity index (χ4v) is 3.31. The monoisotopic (exact) mass is 348 g/mol. The largest absolute Gasteiger partial charge is 0.343 e. The lowest BCUT2D eigenvalue weighted by atomic mass is 9.96. The van der Waals surface area contributed by atoms with E-state index in [9.17, 15) is 4.79 Å². The Morgan fingerprint density at radius 3 is 2.59 bits per heavy atom. The number of halogens is 2. The molecule has 2 aliphatic rings. The van der Waals surface area contributed by atoms with Crippen LogP contribution in [-0.2, 0) is 11.3 Å². The van der Waals surface area contributed by atoms with Crippen molar-refractivity contribution in [2.75, 3.05) is 19.6 Å². The van der Waals surface area contributed by atoms with Crippen molar-refractivity contribution in [3.05, 3.63) is 18.5 Å². The van der Waals surface area contributed by atoms with Gasteiger partial charge in [0.2, 0.25) is 5.91 Å². The summed E-state index contributed by atoms with van der Waals surface area (Å²) in [6, 6.07) is 2.39. The molecule has 1 N–H and O–H groups in total. The minimum absolute atomic E-state index is 0. The van der Waals surface area contributed by atoms with E-state index in [-0.39, 0.29) is 24.8 Å². The Morgan fingerprint density at radius 2 is 2.00 bits per heavy atom. The Hall–Kier alpha value is -0.780. The van der Waals surface area contributed by atoms with Gasteiger partial charge in [-0.15, -0.1) is 24.8 Å². The van der Waals surface area contributed by atoms with E-state index in [1.165, 1.54) is 6.42 Å². The molecule has 0 aliphatic carbocycles. The first-order valence-corrected chi connectivity index (χ1v) is 7.80. The quantitative estimate of drug-likeness (QED) is 0.906. The molecule has 0 bridgehead atoms. The second kappa shape index (κ2) is 9.38. The molecule has 0 aromatic carbocycles. The Kier molecular flexibility index (Phi) is 8.21. The van der Waals surface area contributed by atoms with Gasteiger partial charge < -0.3 is 10.2 Å². The predicted octanol–water partition coefficient (Wildman–Crippen LogP) is 2.11. The number of nitrogens with one attached hydrogen (secondary N) is 1. The van der Waals surface area contributed by atoms with Crippen LogP contribution in [0.15, 0.2) is 18.5 Å². The van der Waals surface area contributed by atoms with Gasteiger partial charge in [0.15, 0.2) is 0 Å². The van der Waals surface area contributed by atoms with Gasteiger partial charge in [-0.25, -0.2) is 0 Å². The maximum absolute atomic E-state index is 12.2. The molecule has 0 saturated carbocycles. The van der Waals surface area contributed by atoms with Crippen molar-refractivity contribution in [3.8, 4) is 0 Å². The Bertz CT molecular complexity index is 427. The third kappa shape index (κ3) is 5.14. The standard InChI is InChI=1S/C15H24N4O.2ClH/c20-15(11-14-3-1-6-16-14)18-9-4-13(5-10-18)12-19-8-2-7-17-19;;/h2,7-8,13-14,16H,1,3-6,9-12H2;2*1H. The maximum Gasteiger partial charge on any atom is 0.224 e. The van der Waals surface area contributed by atoms with Crippen LogP contribution in [-0.4, -0.2) is 46.3 Å². The van der Waals surface area contributed by atoms with Gasteiger partial charge in [0.1, 0.15) is 0 Å². The smallest absolute Gasteiger partial charge is 0.224 e. The number of amides is 1. The van der Waals surface area contributed by atoms with Crippen molar-refractivity contribution in [1.29, 1.82) is 0 Å².